The van der Waals surface area contributed by atoms with Crippen molar-refractivity contribution in [2.45, 2.75) is 12.8 Å². The zero-order chi connectivity index (χ0) is 23.9. The van der Waals surface area contributed by atoms with Crippen LogP contribution >= 0.6 is 15.6 Å². The van der Waals surface area contributed by atoms with Crippen molar-refractivity contribution in [1.29, 1.82) is 0 Å². The minimum absolute atomic E-state index is 0.0376. The summed E-state index contributed by atoms with van der Waals surface area (Å²) in [4.78, 5) is 24.5. The fourth-order valence-electron chi connectivity index (χ4n) is 3.70. The third kappa shape index (κ3) is 5.29. The van der Waals surface area contributed by atoms with Crippen molar-refractivity contribution in [3.63, 3.8) is 0 Å². The molecule has 0 aromatic heterocycles. The van der Waals surface area contributed by atoms with E-state index in [2.05, 4.69) is 0 Å². The van der Waals surface area contributed by atoms with Crippen LogP contribution in [-0.2, 0) is 68.2 Å². The lowest BCUT2D eigenvalue weighted by Gasteiger charge is -2.43. The lowest BCUT2D eigenvalue weighted by molar-refractivity contribution is -0.160. The van der Waals surface area contributed by atoms with Crippen LogP contribution in [0.15, 0.2) is 24.3 Å². The Morgan fingerprint density at radius 1 is 0.647 bits per heavy atom. The number of hydrogen-bond donors (Lipinski definition) is 0. The molecule has 12 nitrogen and oxygen atoms in total. The Hall–Kier alpha value is -1.62. The summed E-state index contributed by atoms with van der Waals surface area (Å²) in [5.74, 6) is -0.868. The van der Waals surface area contributed by atoms with Gasteiger partial charge in [0.25, 0.3) is 0 Å². The van der Waals surface area contributed by atoms with Crippen LogP contribution < -0.4 is 0 Å². The maximum atomic E-state index is 12.2. The summed E-state index contributed by atoms with van der Waals surface area (Å²) in [5, 5.41) is 0. The molecule has 0 atom stereocenters. The second-order valence-electron chi connectivity index (χ2n) is 9.03. The zero-order valence-corrected chi connectivity index (χ0v) is 20.0. The number of hydrogen-bond acceptors (Lipinski definition) is 12. The largest absolute Gasteiger partial charge is 0.474 e. The molecule has 6 saturated heterocycles. The molecule has 0 radical (unpaired) electrons. The molecule has 0 N–H and O–H groups in total. The average molecular weight is 518 g/mol. The van der Waals surface area contributed by atoms with Crippen LogP contribution in [0, 0.1) is 10.8 Å². The summed E-state index contributed by atoms with van der Waals surface area (Å²) in [6, 6.07) is 6.96. The van der Waals surface area contributed by atoms with E-state index in [1.165, 1.54) is 0 Å². The van der Waals surface area contributed by atoms with Gasteiger partial charge in [0, 0.05) is 0 Å². The smallest absolute Gasteiger partial charge is 0.465 e. The first-order valence-electron chi connectivity index (χ1n) is 10.7. The van der Waals surface area contributed by atoms with Crippen molar-refractivity contribution in [3.8, 4) is 0 Å². The summed E-state index contributed by atoms with van der Waals surface area (Å²) in [5.41, 5.74) is 0.147. The number of ether oxygens (including phenoxy) is 2. The molecule has 0 unspecified atom stereocenters. The van der Waals surface area contributed by atoms with E-state index in [0.29, 0.717) is 0 Å². The third-order valence-electron chi connectivity index (χ3n) is 5.97. The topological polar surface area (TPSA) is 142 Å². The average Bonchev–Trinajstić information content (AvgIpc) is 2.85. The van der Waals surface area contributed by atoms with Crippen LogP contribution in [0.3, 0.4) is 0 Å². The number of benzene rings is 1. The number of phosphoric ester groups is 2. The van der Waals surface area contributed by atoms with E-state index in [1.54, 1.807) is 24.3 Å². The molecule has 4 bridgehead atoms. The molecule has 6 aliphatic heterocycles. The van der Waals surface area contributed by atoms with Gasteiger partial charge in [-0.3, -0.25) is 36.7 Å². The molecule has 0 spiro atoms. The van der Waals surface area contributed by atoms with Crippen LogP contribution in [0.4, 0.5) is 0 Å². The molecule has 0 saturated carbocycles. The van der Waals surface area contributed by atoms with E-state index in [1.807, 2.05) is 0 Å². The number of carbonyl (C=O) groups excluding carboxylic acids is 2. The third-order valence-corrected chi connectivity index (χ3v) is 8.64. The summed E-state index contributed by atoms with van der Waals surface area (Å²) in [7, 11) is -6.81. The van der Waals surface area contributed by atoms with Gasteiger partial charge < -0.3 is 9.47 Å². The second-order valence-corrected chi connectivity index (χ2v) is 12.4. The molecule has 34 heavy (non-hydrogen) atoms. The molecule has 0 amide bonds. The lowest BCUT2D eigenvalue weighted by Crippen LogP contribution is -2.48. The minimum Gasteiger partial charge on any atom is -0.465 e. The van der Waals surface area contributed by atoms with Gasteiger partial charge in [-0.1, -0.05) is 24.3 Å². The van der Waals surface area contributed by atoms with Gasteiger partial charge in [0.1, 0.15) is 13.2 Å². The Morgan fingerprint density at radius 3 is 1.24 bits per heavy atom. The van der Waals surface area contributed by atoms with Crippen LogP contribution in [0.25, 0.3) is 0 Å². The van der Waals surface area contributed by atoms with Gasteiger partial charge in [0.05, 0.1) is 63.3 Å². The van der Waals surface area contributed by atoms with E-state index < -0.39 is 38.4 Å². The number of phosphoric acid groups is 2. The second kappa shape index (κ2) is 9.11. The van der Waals surface area contributed by atoms with Crippen LogP contribution in [0.5, 0.6) is 0 Å². The molecular formula is C20H24O12P2. The number of rotatable bonds is 8. The summed E-state index contributed by atoms with van der Waals surface area (Å²) >= 11 is 0. The summed E-state index contributed by atoms with van der Waals surface area (Å²) in [6.45, 7) is 0.976. The number of fused-ring (bicyclic) bond motifs is 6. The molecule has 1 aromatic rings. The van der Waals surface area contributed by atoms with E-state index in [0.717, 1.165) is 11.1 Å². The normalized spacial score (nSPS) is 36.2. The standard InChI is InChI=1S/C20H24O12P2/c21-17(25-7-19-9-27-33(23,28-10-19)29-11-19)5-15-1-2-16(4-3-15)6-18(22)26-8-20-12-30-34(24,31-13-20)32-14-20/h1-4H,5-14H2. The molecular weight excluding hydrogens is 494 g/mol. The van der Waals surface area contributed by atoms with E-state index in [-0.39, 0.29) is 65.7 Å². The van der Waals surface area contributed by atoms with Crippen molar-refractivity contribution in [2.24, 2.45) is 10.8 Å². The first kappa shape index (κ1) is 24.1. The summed E-state index contributed by atoms with van der Waals surface area (Å²) in [6.07, 6.45) is 0.0997. The van der Waals surface area contributed by atoms with Crippen molar-refractivity contribution >= 4 is 27.6 Å². The maximum absolute atomic E-state index is 12.2. The Labute approximate surface area is 195 Å². The fourth-order valence-corrected chi connectivity index (χ4v) is 6.74. The van der Waals surface area contributed by atoms with Gasteiger partial charge in [0.2, 0.25) is 0 Å². The SMILES string of the molecule is O=C(Cc1ccc(CC(=O)OCC23COP(=O)(OC2)OC3)cc1)OCC12COP(=O)(OC1)OC2. The van der Waals surface area contributed by atoms with Crippen LogP contribution in [0.2, 0.25) is 0 Å². The van der Waals surface area contributed by atoms with Crippen LogP contribution in [-0.4, -0.2) is 64.8 Å². The molecule has 6 aliphatic rings. The van der Waals surface area contributed by atoms with Crippen LogP contribution in [0.1, 0.15) is 11.1 Å². The molecule has 6 fully saturated rings. The highest BCUT2D eigenvalue weighted by molar-refractivity contribution is 7.48. The van der Waals surface area contributed by atoms with Gasteiger partial charge in [-0.05, 0) is 11.1 Å². The van der Waals surface area contributed by atoms with Gasteiger partial charge >= 0.3 is 27.6 Å². The Kier molecular flexibility index (Phi) is 6.46. The Morgan fingerprint density at radius 2 is 0.941 bits per heavy atom. The Bertz CT molecular complexity index is 909. The highest BCUT2D eigenvalue weighted by Crippen LogP contribution is 2.60. The molecule has 1 aromatic carbocycles. The molecule has 0 aliphatic carbocycles. The van der Waals surface area contributed by atoms with Crippen molar-refractivity contribution in [3.05, 3.63) is 35.4 Å². The van der Waals surface area contributed by atoms with Crippen molar-refractivity contribution in [2.75, 3.05) is 52.9 Å². The minimum atomic E-state index is -3.41. The number of esters is 2. The van der Waals surface area contributed by atoms with E-state index in [4.69, 9.17) is 36.6 Å². The van der Waals surface area contributed by atoms with Crippen molar-refractivity contribution in [1.82, 2.24) is 0 Å². The maximum Gasteiger partial charge on any atom is 0.474 e. The highest BCUT2D eigenvalue weighted by Gasteiger charge is 2.52. The predicted molar refractivity (Wildman–Crippen MR) is 112 cm³/mol. The quantitative estimate of drug-likeness (QED) is 0.368. The van der Waals surface area contributed by atoms with Gasteiger partial charge in [-0.15, -0.1) is 0 Å². The number of carbonyl (C=O) groups is 2. The van der Waals surface area contributed by atoms with Crippen molar-refractivity contribution < 1.29 is 55.3 Å². The highest BCUT2D eigenvalue weighted by atomic mass is 31.2. The van der Waals surface area contributed by atoms with Gasteiger partial charge in [0.15, 0.2) is 0 Å². The molecule has 6 heterocycles. The predicted octanol–water partition coefficient (Wildman–Crippen LogP) is 2.20. The van der Waals surface area contributed by atoms with E-state index in [9.17, 15) is 18.7 Å². The summed E-state index contributed by atoms with van der Waals surface area (Å²) < 4.78 is 64.8. The molecule has 7 rings (SSSR count). The Balaban J connectivity index is 1.05. The molecule has 186 valence electrons. The molecule has 14 heteroatoms. The monoisotopic (exact) mass is 518 g/mol. The van der Waals surface area contributed by atoms with E-state index >= 15 is 0 Å². The zero-order valence-electron chi connectivity index (χ0n) is 18.2. The fraction of sp³-hybridized carbons (Fsp3) is 0.600. The lowest BCUT2D eigenvalue weighted by atomic mass is 9.92. The first-order valence-corrected chi connectivity index (χ1v) is 13.6. The first-order chi connectivity index (χ1) is 16.2. The van der Waals surface area contributed by atoms with Gasteiger partial charge in [-0.2, -0.15) is 0 Å². The van der Waals surface area contributed by atoms with Gasteiger partial charge in [-0.25, -0.2) is 9.13 Å².